The SMILES string of the molecule is O=C(Nc1sc2c(c1C(=O)N1CCCC1)CCN(Cc1ccccc1)C2)c1ccc(S(=O)(=O)N2CCCCCC2)cc1. The molecule has 10 heteroatoms. The van der Waals surface area contributed by atoms with Crippen molar-refractivity contribution in [3.63, 3.8) is 0 Å². The molecular formula is C32H38N4O4S2. The van der Waals surface area contributed by atoms with Crippen LogP contribution >= 0.6 is 11.3 Å². The van der Waals surface area contributed by atoms with Gasteiger partial charge in [0.15, 0.2) is 0 Å². The molecule has 42 heavy (non-hydrogen) atoms. The molecule has 4 heterocycles. The molecule has 1 N–H and O–H groups in total. The van der Waals surface area contributed by atoms with Crippen LogP contribution in [0.4, 0.5) is 5.00 Å². The van der Waals surface area contributed by atoms with Crippen LogP contribution < -0.4 is 5.32 Å². The highest BCUT2D eigenvalue weighted by Gasteiger charge is 2.32. The minimum absolute atomic E-state index is 0.00398. The lowest BCUT2D eigenvalue weighted by Gasteiger charge is -2.27. The van der Waals surface area contributed by atoms with Crippen LogP contribution in [0.2, 0.25) is 0 Å². The highest BCUT2D eigenvalue weighted by molar-refractivity contribution is 7.89. The van der Waals surface area contributed by atoms with E-state index in [0.717, 1.165) is 88.1 Å². The van der Waals surface area contributed by atoms with E-state index < -0.39 is 10.0 Å². The molecule has 0 spiro atoms. The Labute approximate surface area is 252 Å². The normalized spacial score (nSPS) is 18.4. The Bertz CT molecular complexity index is 1520. The number of amides is 2. The van der Waals surface area contributed by atoms with Crippen LogP contribution in [-0.2, 0) is 29.5 Å². The van der Waals surface area contributed by atoms with Crippen LogP contribution in [0, 0.1) is 0 Å². The number of fused-ring (bicyclic) bond motifs is 1. The Morgan fingerprint density at radius 3 is 2.17 bits per heavy atom. The first-order chi connectivity index (χ1) is 20.4. The van der Waals surface area contributed by atoms with Crippen molar-refractivity contribution in [3.8, 4) is 0 Å². The van der Waals surface area contributed by atoms with Gasteiger partial charge in [0.05, 0.1) is 10.5 Å². The zero-order valence-corrected chi connectivity index (χ0v) is 25.5. The average molecular weight is 607 g/mol. The second-order valence-corrected chi connectivity index (χ2v) is 14.5. The maximum Gasteiger partial charge on any atom is 0.257 e. The van der Waals surface area contributed by atoms with Gasteiger partial charge in [-0.25, -0.2) is 8.42 Å². The summed E-state index contributed by atoms with van der Waals surface area (Å²) < 4.78 is 27.9. The van der Waals surface area contributed by atoms with E-state index >= 15 is 0 Å². The number of likely N-dealkylation sites (tertiary alicyclic amines) is 1. The van der Waals surface area contributed by atoms with E-state index in [2.05, 4.69) is 22.3 Å². The van der Waals surface area contributed by atoms with Gasteiger partial charge in [0.2, 0.25) is 10.0 Å². The lowest BCUT2D eigenvalue weighted by molar-refractivity contribution is 0.0792. The first kappa shape index (κ1) is 29.0. The molecule has 3 aliphatic rings. The van der Waals surface area contributed by atoms with Crippen LogP contribution in [-0.4, -0.2) is 67.1 Å². The summed E-state index contributed by atoms with van der Waals surface area (Å²) in [5, 5.41) is 3.62. The van der Waals surface area contributed by atoms with Gasteiger partial charge in [0.25, 0.3) is 11.8 Å². The fourth-order valence-electron chi connectivity index (χ4n) is 6.21. The maximum absolute atomic E-state index is 13.7. The predicted octanol–water partition coefficient (Wildman–Crippen LogP) is 5.36. The summed E-state index contributed by atoms with van der Waals surface area (Å²) in [6, 6.07) is 16.5. The molecule has 2 fully saturated rings. The predicted molar refractivity (Wildman–Crippen MR) is 165 cm³/mol. The molecule has 2 amide bonds. The van der Waals surface area contributed by atoms with Gasteiger partial charge in [0.1, 0.15) is 5.00 Å². The molecule has 0 atom stereocenters. The van der Waals surface area contributed by atoms with E-state index in [-0.39, 0.29) is 16.7 Å². The molecule has 0 bridgehead atoms. The van der Waals surface area contributed by atoms with E-state index in [9.17, 15) is 18.0 Å². The average Bonchev–Trinajstić information content (AvgIpc) is 3.57. The Morgan fingerprint density at radius 2 is 1.48 bits per heavy atom. The summed E-state index contributed by atoms with van der Waals surface area (Å²) >= 11 is 1.49. The summed E-state index contributed by atoms with van der Waals surface area (Å²) in [7, 11) is -3.60. The minimum atomic E-state index is -3.60. The minimum Gasteiger partial charge on any atom is -0.339 e. The summed E-state index contributed by atoms with van der Waals surface area (Å²) in [6.45, 7) is 4.96. The number of carbonyl (C=O) groups is 2. The van der Waals surface area contributed by atoms with Crippen molar-refractivity contribution in [2.75, 3.05) is 38.0 Å². The Balaban J connectivity index is 1.22. The van der Waals surface area contributed by atoms with E-state index in [1.54, 1.807) is 16.4 Å². The zero-order valence-electron chi connectivity index (χ0n) is 23.9. The third-order valence-corrected chi connectivity index (χ3v) is 11.6. The monoisotopic (exact) mass is 606 g/mol. The zero-order chi connectivity index (χ0) is 29.1. The molecule has 3 aliphatic heterocycles. The Morgan fingerprint density at radius 1 is 0.810 bits per heavy atom. The first-order valence-corrected chi connectivity index (χ1v) is 17.3. The largest absolute Gasteiger partial charge is 0.339 e. The van der Waals surface area contributed by atoms with Crippen molar-refractivity contribution >= 4 is 38.2 Å². The third-order valence-electron chi connectivity index (χ3n) is 8.54. The molecule has 0 aliphatic carbocycles. The van der Waals surface area contributed by atoms with Gasteiger partial charge in [-0.1, -0.05) is 43.2 Å². The van der Waals surface area contributed by atoms with Crippen LogP contribution in [0.3, 0.4) is 0 Å². The van der Waals surface area contributed by atoms with Crippen molar-refractivity contribution in [2.45, 2.75) is 62.9 Å². The van der Waals surface area contributed by atoms with Crippen LogP contribution in [0.15, 0.2) is 59.5 Å². The van der Waals surface area contributed by atoms with Gasteiger partial charge in [-0.15, -0.1) is 11.3 Å². The van der Waals surface area contributed by atoms with E-state index in [1.165, 1.54) is 29.0 Å². The molecule has 6 rings (SSSR count). The van der Waals surface area contributed by atoms with Crippen molar-refractivity contribution in [2.24, 2.45) is 0 Å². The maximum atomic E-state index is 13.7. The number of hydrogen-bond donors (Lipinski definition) is 1. The summed E-state index contributed by atoms with van der Waals surface area (Å²) in [5.74, 6) is -0.348. The number of benzene rings is 2. The van der Waals surface area contributed by atoms with Gasteiger partial charge < -0.3 is 10.2 Å². The number of nitrogens with zero attached hydrogens (tertiary/aromatic N) is 3. The second kappa shape index (κ2) is 12.7. The van der Waals surface area contributed by atoms with Crippen molar-refractivity contribution in [1.29, 1.82) is 0 Å². The molecule has 3 aromatic rings. The smallest absolute Gasteiger partial charge is 0.257 e. The number of nitrogens with one attached hydrogen (secondary N) is 1. The highest BCUT2D eigenvalue weighted by Crippen LogP contribution is 2.39. The molecule has 222 valence electrons. The summed E-state index contributed by atoms with van der Waals surface area (Å²) in [5.41, 5.74) is 3.29. The fourth-order valence-corrected chi connectivity index (χ4v) is 9.00. The molecule has 8 nitrogen and oxygen atoms in total. The molecule has 2 aromatic carbocycles. The number of rotatable bonds is 7. The number of sulfonamides is 1. The number of thiophene rings is 1. The molecule has 0 saturated carbocycles. The van der Waals surface area contributed by atoms with E-state index in [4.69, 9.17) is 0 Å². The highest BCUT2D eigenvalue weighted by atomic mass is 32.2. The van der Waals surface area contributed by atoms with Crippen molar-refractivity contribution in [1.82, 2.24) is 14.1 Å². The Kier molecular flexibility index (Phi) is 8.76. The lowest BCUT2D eigenvalue weighted by Crippen LogP contribution is -2.32. The molecule has 0 unspecified atom stereocenters. The first-order valence-electron chi connectivity index (χ1n) is 15.0. The van der Waals surface area contributed by atoms with Gasteiger partial charge in [-0.2, -0.15) is 4.31 Å². The van der Waals surface area contributed by atoms with Crippen molar-refractivity contribution < 1.29 is 18.0 Å². The topological polar surface area (TPSA) is 90.0 Å². The quantitative estimate of drug-likeness (QED) is 0.391. The van der Waals surface area contributed by atoms with Crippen LogP contribution in [0.25, 0.3) is 0 Å². The van der Waals surface area contributed by atoms with Gasteiger partial charge in [-0.05, 0) is 67.5 Å². The number of carbonyl (C=O) groups excluding carboxylic acids is 2. The van der Waals surface area contributed by atoms with E-state index in [0.29, 0.717) is 29.2 Å². The van der Waals surface area contributed by atoms with E-state index in [1.807, 2.05) is 23.1 Å². The molecular weight excluding hydrogens is 569 g/mol. The second-order valence-electron chi connectivity index (χ2n) is 11.5. The standard InChI is InChI=1S/C32H38N4O4S2/c37-30(25-12-14-26(15-13-25)42(39,40)36-19-6-1-2-7-20-36)33-31-29(32(38)35-17-8-9-18-35)27-16-21-34(23-28(27)41-31)22-24-10-4-3-5-11-24/h3-5,10-15H,1-2,6-9,16-23H2,(H,33,37). The summed E-state index contributed by atoms with van der Waals surface area (Å²) in [6.07, 6.45) is 6.58. The molecule has 2 saturated heterocycles. The van der Waals surface area contributed by atoms with Gasteiger partial charge in [0, 0.05) is 56.3 Å². The molecule has 1 aromatic heterocycles. The summed E-state index contributed by atoms with van der Waals surface area (Å²) in [4.78, 5) is 32.8. The van der Waals surface area contributed by atoms with Gasteiger partial charge >= 0.3 is 0 Å². The molecule has 0 radical (unpaired) electrons. The lowest BCUT2D eigenvalue weighted by atomic mass is 10.0. The van der Waals surface area contributed by atoms with Gasteiger partial charge in [-0.3, -0.25) is 14.5 Å². The third kappa shape index (κ3) is 6.17. The van der Waals surface area contributed by atoms with Crippen LogP contribution in [0.5, 0.6) is 0 Å². The van der Waals surface area contributed by atoms with Crippen LogP contribution in [0.1, 0.15) is 75.2 Å². The number of hydrogen-bond acceptors (Lipinski definition) is 6. The number of anilines is 1. The fraction of sp³-hybridized carbons (Fsp3) is 0.438. The Hall–Kier alpha value is -3.05. The van der Waals surface area contributed by atoms with Crippen molar-refractivity contribution in [3.05, 3.63) is 81.7 Å².